The van der Waals surface area contributed by atoms with Crippen molar-refractivity contribution >= 4 is 35.0 Å². The van der Waals surface area contributed by atoms with Crippen molar-refractivity contribution in [2.45, 2.75) is 43.8 Å². The molecule has 0 aliphatic carbocycles. The van der Waals surface area contributed by atoms with Crippen LogP contribution in [0.1, 0.15) is 30.0 Å². The number of amides is 2. The third-order valence-corrected chi connectivity index (χ3v) is 6.35. The monoisotopic (exact) mass is 432 g/mol. The van der Waals surface area contributed by atoms with Crippen molar-refractivity contribution in [2.24, 2.45) is 0 Å². The van der Waals surface area contributed by atoms with E-state index in [0.29, 0.717) is 12.8 Å². The molecule has 5 heteroatoms. The highest BCUT2D eigenvalue weighted by Crippen LogP contribution is 2.29. The molecule has 4 nitrogen and oxygen atoms in total. The van der Waals surface area contributed by atoms with Crippen molar-refractivity contribution in [1.29, 1.82) is 0 Å². The number of anilines is 2. The van der Waals surface area contributed by atoms with E-state index in [2.05, 4.69) is 10.6 Å². The molecule has 2 N–H and O–H groups in total. The van der Waals surface area contributed by atoms with Gasteiger partial charge in [-0.05, 0) is 55.2 Å². The van der Waals surface area contributed by atoms with E-state index in [1.165, 1.54) is 11.8 Å². The molecule has 1 atom stereocenters. The molecule has 0 saturated heterocycles. The van der Waals surface area contributed by atoms with Gasteiger partial charge < -0.3 is 10.6 Å². The van der Waals surface area contributed by atoms with E-state index < -0.39 is 0 Å². The summed E-state index contributed by atoms with van der Waals surface area (Å²) in [5.74, 6) is -0.0726. The molecule has 160 valence electrons. The highest BCUT2D eigenvalue weighted by atomic mass is 32.2. The lowest BCUT2D eigenvalue weighted by molar-refractivity contribution is -0.116. The summed E-state index contributed by atoms with van der Waals surface area (Å²) in [6, 6.07) is 23.3. The fourth-order valence-electron chi connectivity index (χ4n) is 3.34. The quantitative estimate of drug-likeness (QED) is 0.430. The number of para-hydroxylation sites is 1. The van der Waals surface area contributed by atoms with Gasteiger partial charge in [0.05, 0.1) is 11.7 Å². The molecule has 0 fully saturated rings. The number of carbonyl (C=O) groups is 2. The fraction of sp³-hybridized carbons (Fsp3) is 0.231. The number of nitrogens with one attached hydrogen (secondary N) is 2. The van der Waals surface area contributed by atoms with E-state index in [9.17, 15) is 9.59 Å². The van der Waals surface area contributed by atoms with Crippen LogP contribution in [0.5, 0.6) is 0 Å². The summed E-state index contributed by atoms with van der Waals surface area (Å²) in [6.07, 6.45) is 1.03. The first-order valence-electron chi connectivity index (χ1n) is 10.4. The van der Waals surface area contributed by atoms with Gasteiger partial charge >= 0.3 is 0 Å². The Morgan fingerprint density at radius 3 is 2.23 bits per heavy atom. The van der Waals surface area contributed by atoms with Crippen molar-refractivity contribution in [3.8, 4) is 0 Å². The molecule has 0 bridgehead atoms. The minimum atomic E-state index is -0.228. The predicted octanol–water partition coefficient (Wildman–Crippen LogP) is 5.99. The van der Waals surface area contributed by atoms with Gasteiger partial charge in [-0.25, -0.2) is 0 Å². The zero-order chi connectivity index (χ0) is 22.2. The van der Waals surface area contributed by atoms with Crippen LogP contribution in [0.4, 0.5) is 11.4 Å². The predicted molar refractivity (Wildman–Crippen MR) is 130 cm³/mol. The SMILES string of the molecule is CCC(Sc1cccc(NC(=O)Cc2ccccc2)c1)C(=O)Nc1c(C)cccc1C. The topological polar surface area (TPSA) is 58.2 Å². The maximum atomic E-state index is 12.9. The number of thioether (sulfide) groups is 1. The van der Waals surface area contributed by atoms with Crippen LogP contribution in [0.25, 0.3) is 0 Å². The van der Waals surface area contributed by atoms with Crippen molar-refractivity contribution in [2.75, 3.05) is 10.6 Å². The first-order valence-corrected chi connectivity index (χ1v) is 11.3. The van der Waals surface area contributed by atoms with Gasteiger partial charge in [0.15, 0.2) is 0 Å². The molecule has 3 aromatic carbocycles. The Kier molecular flexibility index (Phi) is 7.90. The number of aryl methyl sites for hydroxylation is 2. The molecular weight excluding hydrogens is 404 g/mol. The zero-order valence-electron chi connectivity index (χ0n) is 18.1. The molecule has 1 unspecified atom stereocenters. The molecular formula is C26H28N2O2S. The van der Waals surface area contributed by atoms with Gasteiger partial charge in [-0.1, -0.05) is 61.5 Å². The Balaban J connectivity index is 1.64. The Bertz CT molecular complexity index is 1030. The number of hydrogen-bond donors (Lipinski definition) is 2. The standard InChI is InChI=1S/C26H28N2O2S/c1-4-23(26(30)28-25-18(2)10-8-11-19(25)3)31-22-15-9-14-21(17-22)27-24(29)16-20-12-6-5-7-13-20/h5-15,17,23H,4,16H2,1-3H3,(H,27,29)(H,28,30). The lowest BCUT2D eigenvalue weighted by Crippen LogP contribution is -2.25. The van der Waals surface area contributed by atoms with Crippen LogP contribution < -0.4 is 10.6 Å². The van der Waals surface area contributed by atoms with Crippen LogP contribution in [0.2, 0.25) is 0 Å². The third-order valence-electron chi connectivity index (χ3n) is 5.00. The maximum Gasteiger partial charge on any atom is 0.237 e. The van der Waals surface area contributed by atoms with Gasteiger partial charge in [0.25, 0.3) is 0 Å². The molecule has 3 rings (SSSR count). The molecule has 2 amide bonds. The first-order chi connectivity index (χ1) is 15.0. The summed E-state index contributed by atoms with van der Waals surface area (Å²) >= 11 is 1.51. The van der Waals surface area contributed by atoms with Gasteiger partial charge in [0.2, 0.25) is 11.8 Å². The van der Waals surface area contributed by atoms with Gasteiger partial charge in [-0.2, -0.15) is 0 Å². The Morgan fingerprint density at radius 2 is 1.55 bits per heavy atom. The van der Waals surface area contributed by atoms with E-state index >= 15 is 0 Å². The molecule has 0 radical (unpaired) electrons. The van der Waals surface area contributed by atoms with E-state index in [1.807, 2.05) is 93.6 Å². The first kappa shape index (κ1) is 22.6. The maximum absolute atomic E-state index is 12.9. The zero-order valence-corrected chi connectivity index (χ0v) is 19.0. The molecule has 3 aromatic rings. The van der Waals surface area contributed by atoms with Crippen LogP contribution in [0.15, 0.2) is 77.7 Å². The summed E-state index contributed by atoms with van der Waals surface area (Å²) in [5, 5.41) is 5.82. The average Bonchev–Trinajstić information content (AvgIpc) is 2.75. The van der Waals surface area contributed by atoms with Gasteiger partial charge in [-0.15, -0.1) is 11.8 Å². The average molecular weight is 433 g/mol. The van der Waals surface area contributed by atoms with E-state index in [1.54, 1.807) is 0 Å². The van der Waals surface area contributed by atoms with E-state index in [4.69, 9.17) is 0 Å². The Morgan fingerprint density at radius 1 is 0.871 bits per heavy atom. The summed E-state index contributed by atoms with van der Waals surface area (Å²) in [6.45, 7) is 6.00. The summed E-state index contributed by atoms with van der Waals surface area (Å²) < 4.78 is 0. The second kappa shape index (κ2) is 10.8. The number of benzene rings is 3. The summed E-state index contributed by atoms with van der Waals surface area (Å²) in [5.41, 5.74) is 4.69. The highest BCUT2D eigenvalue weighted by molar-refractivity contribution is 8.00. The lowest BCUT2D eigenvalue weighted by atomic mass is 10.1. The Hall–Kier alpha value is -3.05. The van der Waals surface area contributed by atoms with Crippen molar-refractivity contribution in [1.82, 2.24) is 0 Å². The minimum absolute atomic E-state index is 0.0107. The van der Waals surface area contributed by atoms with Crippen molar-refractivity contribution in [3.63, 3.8) is 0 Å². The van der Waals surface area contributed by atoms with E-state index in [-0.39, 0.29) is 17.1 Å². The highest BCUT2D eigenvalue weighted by Gasteiger charge is 2.19. The lowest BCUT2D eigenvalue weighted by Gasteiger charge is -2.17. The van der Waals surface area contributed by atoms with Crippen molar-refractivity contribution in [3.05, 3.63) is 89.5 Å². The van der Waals surface area contributed by atoms with Gasteiger partial charge in [0, 0.05) is 16.3 Å². The third kappa shape index (κ3) is 6.46. The fourth-order valence-corrected chi connectivity index (χ4v) is 4.35. The van der Waals surface area contributed by atoms with Crippen LogP contribution in [0.3, 0.4) is 0 Å². The summed E-state index contributed by atoms with van der Waals surface area (Å²) in [7, 11) is 0. The number of rotatable bonds is 8. The normalized spacial score (nSPS) is 11.6. The largest absolute Gasteiger partial charge is 0.326 e. The molecule has 0 aliphatic rings. The molecule has 31 heavy (non-hydrogen) atoms. The van der Waals surface area contributed by atoms with Gasteiger partial charge in [0.1, 0.15) is 0 Å². The molecule has 0 saturated carbocycles. The number of carbonyl (C=O) groups excluding carboxylic acids is 2. The van der Waals surface area contributed by atoms with Crippen LogP contribution in [0, 0.1) is 13.8 Å². The van der Waals surface area contributed by atoms with Gasteiger partial charge in [-0.3, -0.25) is 9.59 Å². The molecule has 0 spiro atoms. The minimum Gasteiger partial charge on any atom is -0.326 e. The van der Waals surface area contributed by atoms with E-state index in [0.717, 1.165) is 33.0 Å². The van der Waals surface area contributed by atoms with Crippen LogP contribution in [-0.2, 0) is 16.0 Å². The smallest absolute Gasteiger partial charge is 0.237 e. The number of hydrogen-bond acceptors (Lipinski definition) is 3. The van der Waals surface area contributed by atoms with Crippen LogP contribution in [-0.4, -0.2) is 17.1 Å². The summed E-state index contributed by atoms with van der Waals surface area (Å²) in [4.78, 5) is 26.2. The Labute approximate surface area is 188 Å². The molecule has 0 aliphatic heterocycles. The molecule has 0 aromatic heterocycles. The second-order valence-corrected chi connectivity index (χ2v) is 8.79. The van der Waals surface area contributed by atoms with Crippen molar-refractivity contribution < 1.29 is 9.59 Å². The second-order valence-electron chi connectivity index (χ2n) is 7.51. The molecule has 0 heterocycles. The van der Waals surface area contributed by atoms with Crippen LogP contribution >= 0.6 is 11.8 Å².